The zero-order chi connectivity index (χ0) is 14.3. The summed E-state index contributed by atoms with van der Waals surface area (Å²) in [5, 5.41) is 0.754. The Morgan fingerprint density at radius 2 is 1.37 bits per heavy atom. The molecule has 0 radical (unpaired) electrons. The summed E-state index contributed by atoms with van der Waals surface area (Å²) in [5.74, 6) is 0.277. The van der Waals surface area contributed by atoms with E-state index in [-0.39, 0.29) is 30.9 Å². The van der Waals surface area contributed by atoms with Crippen molar-refractivity contribution >= 4 is 86.4 Å². The van der Waals surface area contributed by atoms with E-state index in [4.69, 9.17) is 63.7 Å². The van der Waals surface area contributed by atoms with Gasteiger partial charge in [0.05, 0.1) is 25.1 Å². The molecule has 2 aromatic rings. The topological polar surface area (TPSA) is 38.9 Å². The van der Waals surface area contributed by atoms with Crippen LogP contribution in [0.25, 0.3) is 11.1 Å². The second-order valence-corrected chi connectivity index (χ2v) is 6.67. The molecule has 0 fully saturated rings. The van der Waals surface area contributed by atoms with Crippen LogP contribution in [0.1, 0.15) is 0 Å². The van der Waals surface area contributed by atoms with Gasteiger partial charge in [0.15, 0.2) is 0 Å². The molecule has 0 aliphatic carbocycles. The lowest BCUT2D eigenvalue weighted by Gasteiger charge is -2.14. The summed E-state index contributed by atoms with van der Waals surface area (Å²) in [5.41, 5.74) is 6.83. The highest BCUT2D eigenvalue weighted by molar-refractivity contribution is 14.1. The third-order valence-corrected chi connectivity index (χ3v) is 5.23. The van der Waals surface area contributed by atoms with Gasteiger partial charge in [0, 0.05) is 20.9 Å². The van der Waals surface area contributed by atoms with E-state index in [0.717, 1.165) is 3.57 Å². The van der Waals surface area contributed by atoms with Crippen LogP contribution in [0.5, 0.6) is 0 Å². The first-order chi connectivity index (χ1) is 8.84. The highest BCUT2D eigenvalue weighted by Gasteiger charge is 2.22. The van der Waals surface area contributed by atoms with Crippen LogP contribution in [-0.2, 0) is 0 Å². The molecule has 0 saturated carbocycles. The average molecular weight is 468 g/mol. The number of benzene rings is 1. The van der Waals surface area contributed by atoms with Crippen LogP contribution in [0.4, 0.5) is 5.82 Å². The molecule has 0 bridgehead atoms. The maximum absolute atomic E-state index is 6.19. The number of nitrogen functional groups attached to an aromatic ring is 1. The van der Waals surface area contributed by atoms with Crippen LogP contribution in [0, 0.1) is 3.57 Å². The minimum atomic E-state index is 0.110. The van der Waals surface area contributed by atoms with Crippen molar-refractivity contribution < 1.29 is 0 Å². The van der Waals surface area contributed by atoms with Crippen molar-refractivity contribution in [1.29, 1.82) is 0 Å². The molecular weight excluding hydrogens is 464 g/mol. The number of pyridine rings is 1. The first-order valence-electron chi connectivity index (χ1n) is 4.77. The van der Waals surface area contributed by atoms with Gasteiger partial charge in [0.25, 0.3) is 0 Å². The fourth-order valence-corrected chi connectivity index (χ4v) is 3.28. The Morgan fingerprint density at radius 1 is 0.895 bits per heavy atom. The fraction of sp³-hybridized carbons (Fsp3) is 0. The predicted octanol–water partition coefficient (Wildman–Crippen LogP) is 6.20. The van der Waals surface area contributed by atoms with Crippen molar-refractivity contribution in [2.45, 2.75) is 0 Å². The van der Waals surface area contributed by atoms with E-state index in [1.54, 1.807) is 12.3 Å². The molecule has 0 amide bonds. The second-order valence-electron chi connectivity index (χ2n) is 3.53. The van der Waals surface area contributed by atoms with Gasteiger partial charge >= 0.3 is 0 Å². The Labute approximate surface area is 148 Å². The first kappa shape index (κ1) is 15.7. The van der Waals surface area contributed by atoms with E-state index >= 15 is 0 Å². The van der Waals surface area contributed by atoms with Crippen LogP contribution in [0.15, 0.2) is 12.3 Å². The van der Waals surface area contributed by atoms with E-state index in [1.165, 1.54) is 0 Å². The Bertz CT molecular complexity index is 646. The molecule has 0 atom stereocenters. The molecule has 8 heteroatoms. The Morgan fingerprint density at radius 3 is 1.89 bits per heavy atom. The molecular formula is C11H4Cl5IN2. The number of hydrogen-bond acceptors (Lipinski definition) is 2. The third-order valence-electron chi connectivity index (χ3n) is 2.36. The zero-order valence-corrected chi connectivity index (χ0v) is 14.9. The van der Waals surface area contributed by atoms with Gasteiger partial charge < -0.3 is 5.73 Å². The number of nitrogens with zero attached hydrogens (tertiary/aromatic N) is 1. The fourth-order valence-electron chi connectivity index (χ4n) is 1.49. The van der Waals surface area contributed by atoms with Gasteiger partial charge in [-0.3, -0.25) is 0 Å². The third kappa shape index (κ3) is 2.87. The van der Waals surface area contributed by atoms with Gasteiger partial charge in [-0.15, -0.1) is 0 Å². The lowest BCUT2D eigenvalue weighted by Crippen LogP contribution is -1.96. The Balaban J connectivity index is 2.87. The summed E-state index contributed by atoms with van der Waals surface area (Å²) < 4.78 is 0.871. The van der Waals surface area contributed by atoms with E-state index in [2.05, 4.69) is 27.6 Å². The van der Waals surface area contributed by atoms with Crippen molar-refractivity contribution in [3.8, 4) is 11.1 Å². The summed E-state index contributed by atoms with van der Waals surface area (Å²) >= 11 is 32.5. The van der Waals surface area contributed by atoms with Crippen molar-refractivity contribution in [1.82, 2.24) is 4.98 Å². The monoisotopic (exact) mass is 466 g/mol. The maximum Gasteiger partial charge on any atom is 0.131 e. The molecule has 1 aromatic carbocycles. The Hall–Kier alpha value is 0.350. The lowest BCUT2D eigenvalue weighted by atomic mass is 10.1. The first-order valence-corrected chi connectivity index (χ1v) is 7.74. The normalized spacial score (nSPS) is 10.8. The number of halogens is 6. The van der Waals surface area contributed by atoms with Gasteiger partial charge in [-0.05, 0) is 28.7 Å². The molecule has 2 rings (SSSR count). The van der Waals surface area contributed by atoms with Crippen molar-refractivity contribution in [3.63, 3.8) is 0 Å². The quantitative estimate of drug-likeness (QED) is 0.308. The van der Waals surface area contributed by atoms with Gasteiger partial charge in [0.1, 0.15) is 5.82 Å². The summed E-state index contributed by atoms with van der Waals surface area (Å²) in [6.45, 7) is 0. The number of rotatable bonds is 1. The zero-order valence-electron chi connectivity index (χ0n) is 8.95. The summed E-state index contributed by atoms with van der Waals surface area (Å²) in [4.78, 5) is 4.05. The average Bonchev–Trinajstić information content (AvgIpc) is 2.38. The highest BCUT2D eigenvalue weighted by Crippen LogP contribution is 2.49. The van der Waals surface area contributed by atoms with Crippen LogP contribution in [0.3, 0.4) is 0 Å². The van der Waals surface area contributed by atoms with Crippen molar-refractivity contribution in [2.75, 3.05) is 5.73 Å². The van der Waals surface area contributed by atoms with Gasteiger partial charge in [-0.2, -0.15) is 0 Å². The highest BCUT2D eigenvalue weighted by atomic mass is 127. The van der Waals surface area contributed by atoms with Crippen LogP contribution >= 0.6 is 80.6 Å². The molecule has 0 unspecified atom stereocenters. The van der Waals surface area contributed by atoms with Crippen LogP contribution < -0.4 is 5.73 Å². The SMILES string of the molecule is Nc1ncc(I)cc1-c1c(Cl)c(Cl)c(Cl)c(Cl)c1Cl. The smallest absolute Gasteiger partial charge is 0.131 e. The number of aromatic nitrogens is 1. The molecule has 0 aliphatic rings. The number of anilines is 1. The van der Waals surface area contributed by atoms with Crippen molar-refractivity contribution in [2.24, 2.45) is 0 Å². The van der Waals surface area contributed by atoms with Gasteiger partial charge in [-0.1, -0.05) is 58.0 Å². The molecule has 0 spiro atoms. The molecule has 1 heterocycles. The van der Waals surface area contributed by atoms with Crippen LogP contribution in [0.2, 0.25) is 25.1 Å². The van der Waals surface area contributed by atoms with E-state index in [0.29, 0.717) is 11.1 Å². The molecule has 2 nitrogen and oxygen atoms in total. The number of nitrogens with two attached hydrogens (primary N) is 1. The minimum absolute atomic E-state index is 0.110. The standard InChI is InChI=1S/C11H4Cl5IN2/c12-6-5(4-1-3(17)2-19-11(4)18)7(13)9(15)10(16)8(6)14/h1-2H,(H2,18,19). The molecule has 19 heavy (non-hydrogen) atoms. The molecule has 0 saturated heterocycles. The van der Waals surface area contributed by atoms with E-state index in [1.807, 2.05) is 0 Å². The van der Waals surface area contributed by atoms with E-state index < -0.39 is 0 Å². The summed E-state index contributed by atoms with van der Waals surface area (Å²) in [7, 11) is 0. The van der Waals surface area contributed by atoms with E-state index in [9.17, 15) is 0 Å². The van der Waals surface area contributed by atoms with Crippen LogP contribution in [-0.4, -0.2) is 4.98 Å². The predicted molar refractivity (Wildman–Crippen MR) is 91.9 cm³/mol. The van der Waals surface area contributed by atoms with Gasteiger partial charge in [0.2, 0.25) is 0 Å². The molecule has 1 aromatic heterocycles. The largest absolute Gasteiger partial charge is 0.383 e. The summed E-state index contributed by atoms with van der Waals surface area (Å²) in [6, 6.07) is 1.79. The number of hydrogen-bond donors (Lipinski definition) is 1. The molecule has 0 aliphatic heterocycles. The maximum atomic E-state index is 6.19. The lowest BCUT2D eigenvalue weighted by molar-refractivity contribution is 1.32. The van der Waals surface area contributed by atoms with Crippen molar-refractivity contribution in [3.05, 3.63) is 40.9 Å². The summed E-state index contributed by atoms with van der Waals surface area (Å²) in [6.07, 6.45) is 1.63. The minimum Gasteiger partial charge on any atom is -0.383 e. The second kappa shape index (κ2) is 6.00. The molecule has 2 N–H and O–H groups in total. The van der Waals surface area contributed by atoms with Gasteiger partial charge in [-0.25, -0.2) is 4.98 Å². The Kier molecular flexibility index (Phi) is 4.97. The molecule has 100 valence electrons.